The van der Waals surface area contributed by atoms with E-state index in [0.29, 0.717) is 24.4 Å². The van der Waals surface area contributed by atoms with Crippen LogP contribution in [0.25, 0.3) is 0 Å². The molecule has 1 atom stereocenters. The minimum absolute atomic E-state index is 0.370. The van der Waals surface area contributed by atoms with Crippen LogP contribution in [0.5, 0.6) is 0 Å². The second kappa shape index (κ2) is 6.64. The Balaban J connectivity index is 1.81. The average molecular weight is 256 g/mol. The van der Waals surface area contributed by atoms with Gasteiger partial charge in [-0.1, -0.05) is 6.42 Å². The summed E-state index contributed by atoms with van der Waals surface area (Å²) in [5.41, 5.74) is 0. The van der Waals surface area contributed by atoms with Crippen LogP contribution in [0.3, 0.4) is 0 Å². The van der Waals surface area contributed by atoms with Crippen molar-refractivity contribution in [1.82, 2.24) is 10.2 Å². The van der Waals surface area contributed by atoms with E-state index in [-0.39, 0.29) is 0 Å². The normalized spacial score (nSPS) is 24.6. The third-order valence-corrected chi connectivity index (χ3v) is 4.27. The molecule has 1 aliphatic carbocycles. The Bertz CT molecular complexity index is 250. The summed E-state index contributed by atoms with van der Waals surface area (Å²) < 4.78 is 0. The van der Waals surface area contributed by atoms with Gasteiger partial charge in [0.2, 0.25) is 5.91 Å². The summed E-state index contributed by atoms with van der Waals surface area (Å²) in [6.07, 6.45) is 9.06. The highest BCUT2D eigenvalue weighted by atomic mass is 32.2. The van der Waals surface area contributed by atoms with Gasteiger partial charge in [-0.15, -0.1) is 0 Å². The van der Waals surface area contributed by atoms with Crippen molar-refractivity contribution in [2.24, 2.45) is 0 Å². The summed E-state index contributed by atoms with van der Waals surface area (Å²) in [6, 6.07) is 1.11. The first kappa shape index (κ1) is 13.2. The lowest BCUT2D eigenvalue weighted by molar-refractivity contribution is -0.131. The summed E-state index contributed by atoms with van der Waals surface area (Å²) in [5.74, 6) is 1.33. The van der Waals surface area contributed by atoms with Gasteiger partial charge >= 0.3 is 0 Å². The molecule has 1 saturated heterocycles. The van der Waals surface area contributed by atoms with Crippen molar-refractivity contribution in [2.75, 3.05) is 25.1 Å². The number of nitrogens with zero attached hydrogens (tertiary/aromatic N) is 1. The van der Waals surface area contributed by atoms with E-state index in [9.17, 15) is 4.79 Å². The number of nitrogens with one attached hydrogen (secondary N) is 1. The van der Waals surface area contributed by atoms with Crippen LogP contribution in [-0.2, 0) is 4.79 Å². The maximum atomic E-state index is 12.1. The van der Waals surface area contributed by atoms with E-state index in [1.807, 2.05) is 0 Å². The maximum Gasteiger partial charge on any atom is 0.223 e. The van der Waals surface area contributed by atoms with E-state index in [1.165, 1.54) is 32.1 Å². The predicted molar refractivity (Wildman–Crippen MR) is 73.4 cm³/mol. The number of hydrogen-bond acceptors (Lipinski definition) is 3. The van der Waals surface area contributed by atoms with Crippen LogP contribution in [0.2, 0.25) is 0 Å². The quantitative estimate of drug-likeness (QED) is 0.787. The second-order valence-electron chi connectivity index (χ2n) is 5.17. The van der Waals surface area contributed by atoms with Crippen LogP contribution in [-0.4, -0.2) is 48.0 Å². The van der Waals surface area contributed by atoms with Gasteiger partial charge in [0.25, 0.3) is 0 Å². The maximum absolute atomic E-state index is 12.1. The third kappa shape index (κ3) is 4.18. The Hall–Kier alpha value is -0.220. The highest BCUT2D eigenvalue weighted by molar-refractivity contribution is 7.98. The van der Waals surface area contributed by atoms with Gasteiger partial charge in [0, 0.05) is 30.8 Å². The van der Waals surface area contributed by atoms with Crippen molar-refractivity contribution in [3.63, 3.8) is 0 Å². The molecule has 0 aromatic carbocycles. The summed E-state index contributed by atoms with van der Waals surface area (Å²) in [7, 11) is 0. The Kier molecular flexibility index (Phi) is 5.16. The van der Waals surface area contributed by atoms with Gasteiger partial charge in [-0.3, -0.25) is 4.79 Å². The molecule has 2 fully saturated rings. The van der Waals surface area contributed by atoms with Crippen molar-refractivity contribution < 1.29 is 4.79 Å². The molecule has 0 spiro atoms. The predicted octanol–water partition coefficient (Wildman–Crippen LogP) is 1.87. The van der Waals surface area contributed by atoms with Crippen LogP contribution in [0.1, 0.15) is 38.5 Å². The number of amides is 1. The first-order chi connectivity index (χ1) is 8.31. The highest BCUT2D eigenvalue weighted by Gasteiger charge is 2.33. The standard InChI is InChI=1S/C13H24N2OS/c1-17-9-7-13(16)15(12-5-6-12)10-11-4-2-3-8-14-11/h11-12,14H,2-10H2,1H3. The molecule has 1 aliphatic heterocycles. The van der Waals surface area contributed by atoms with Crippen LogP contribution in [0.15, 0.2) is 0 Å². The molecular formula is C13H24N2OS. The minimum Gasteiger partial charge on any atom is -0.338 e. The van der Waals surface area contributed by atoms with Gasteiger partial charge < -0.3 is 10.2 Å². The molecule has 1 N–H and O–H groups in total. The summed E-state index contributed by atoms with van der Waals surface area (Å²) >= 11 is 1.76. The Labute approximate surface area is 109 Å². The molecule has 1 amide bonds. The van der Waals surface area contributed by atoms with Gasteiger partial charge in [-0.2, -0.15) is 11.8 Å². The zero-order valence-electron chi connectivity index (χ0n) is 10.8. The molecule has 1 saturated carbocycles. The summed E-state index contributed by atoms with van der Waals surface area (Å²) in [6.45, 7) is 2.07. The molecule has 0 aromatic heterocycles. The lowest BCUT2D eigenvalue weighted by Gasteiger charge is -2.30. The molecule has 2 aliphatic rings. The van der Waals surface area contributed by atoms with Gasteiger partial charge in [-0.25, -0.2) is 0 Å². The van der Waals surface area contributed by atoms with Crippen molar-refractivity contribution in [2.45, 2.75) is 50.6 Å². The molecule has 1 unspecified atom stereocenters. The number of rotatable bonds is 6. The Morgan fingerprint density at radius 3 is 2.76 bits per heavy atom. The molecular weight excluding hydrogens is 232 g/mol. The van der Waals surface area contributed by atoms with Crippen molar-refractivity contribution in [1.29, 1.82) is 0 Å². The van der Waals surface area contributed by atoms with E-state index >= 15 is 0 Å². The average Bonchev–Trinajstić information content (AvgIpc) is 3.18. The molecule has 0 bridgehead atoms. The first-order valence-corrected chi connectivity index (χ1v) is 8.22. The SMILES string of the molecule is CSCCC(=O)N(CC1CCCCN1)C1CC1. The smallest absolute Gasteiger partial charge is 0.223 e. The first-order valence-electron chi connectivity index (χ1n) is 6.83. The van der Waals surface area contributed by atoms with Gasteiger partial charge in [0.15, 0.2) is 0 Å². The zero-order valence-corrected chi connectivity index (χ0v) is 11.6. The van der Waals surface area contributed by atoms with Crippen LogP contribution >= 0.6 is 11.8 Å². The van der Waals surface area contributed by atoms with Crippen LogP contribution < -0.4 is 5.32 Å². The van der Waals surface area contributed by atoms with Crippen LogP contribution in [0, 0.1) is 0 Å². The molecule has 98 valence electrons. The third-order valence-electron chi connectivity index (χ3n) is 3.66. The largest absolute Gasteiger partial charge is 0.338 e. The lowest BCUT2D eigenvalue weighted by Crippen LogP contribution is -2.46. The monoisotopic (exact) mass is 256 g/mol. The molecule has 2 rings (SSSR count). The van der Waals surface area contributed by atoms with Crippen molar-refractivity contribution in [3.05, 3.63) is 0 Å². The summed E-state index contributed by atoms with van der Waals surface area (Å²) in [5, 5.41) is 3.54. The molecule has 4 heteroatoms. The lowest BCUT2D eigenvalue weighted by atomic mass is 10.0. The molecule has 0 radical (unpaired) electrons. The van der Waals surface area contributed by atoms with Crippen molar-refractivity contribution >= 4 is 17.7 Å². The van der Waals surface area contributed by atoms with E-state index < -0.39 is 0 Å². The minimum atomic E-state index is 0.370. The van der Waals surface area contributed by atoms with Crippen molar-refractivity contribution in [3.8, 4) is 0 Å². The Morgan fingerprint density at radius 2 is 2.18 bits per heavy atom. The highest BCUT2D eigenvalue weighted by Crippen LogP contribution is 2.28. The number of thioether (sulfide) groups is 1. The van der Waals surface area contributed by atoms with E-state index in [0.717, 1.165) is 18.8 Å². The molecule has 17 heavy (non-hydrogen) atoms. The number of carbonyl (C=O) groups excluding carboxylic acids is 1. The van der Waals surface area contributed by atoms with Crippen LogP contribution in [0.4, 0.5) is 0 Å². The molecule has 1 heterocycles. The van der Waals surface area contributed by atoms with Gasteiger partial charge in [0.05, 0.1) is 0 Å². The number of piperidine rings is 1. The fraction of sp³-hybridized carbons (Fsp3) is 0.923. The van der Waals surface area contributed by atoms with E-state index in [1.54, 1.807) is 11.8 Å². The summed E-state index contributed by atoms with van der Waals surface area (Å²) in [4.78, 5) is 14.3. The fourth-order valence-corrected chi connectivity index (χ4v) is 2.87. The number of hydrogen-bond donors (Lipinski definition) is 1. The second-order valence-corrected chi connectivity index (χ2v) is 6.15. The van der Waals surface area contributed by atoms with Gasteiger partial charge in [0.1, 0.15) is 0 Å². The number of carbonyl (C=O) groups is 1. The molecule has 3 nitrogen and oxygen atoms in total. The zero-order chi connectivity index (χ0) is 12.1. The molecule has 0 aromatic rings. The Morgan fingerprint density at radius 1 is 1.35 bits per heavy atom. The topological polar surface area (TPSA) is 32.3 Å². The van der Waals surface area contributed by atoms with E-state index in [4.69, 9.17) is 0 Å². The van der Waals surface area contributed by atoms with E-state index in [2.05, 4.69) is 16.5 Å². The fourth-order valence-electron chi connectivity index (χ4n) is 2.49. The van der Waals surface area contributed by atoms with Gasteiger partial charge in [-0.05, 0) is 38.5 Å².